The molecule has 13 nitrogen and oxygen atoms in total. The summed E-state index contributed by atoms with van der Waals surface area (Å²) in [6, 6.07) is 0. The maximum absolute atomic E-state index is 12.2. The van der Waals surface area contributed by atoms with Crippen molar-refractivity contribution in [2.75, 3.05) is 13.2 Å². The third kappa shape index (κ3) is 5.57. The molecule has 8 N–H and O–H groups in total. The van der Waals surface area contributed by atoms with E-state index in [2.05, 4.69) is 34.6 Å². The Morgan fingerprint density at radius 3 is 2.13 bits per heavy atom. The minimum absolute atomic E-state index is 0.00756. The van der Waals surface area contributed by atoms with E-state index in [9.17, 15) is 40.9 Å². The molecule has 5 aliphatic carbocycles. The number of rotatable bonds is 7. The molecule has 5 saturated carbocycles. The largest absolute Gasteiger partial charge is 0.394 e. The number of aliphatic hydroxyl groups excluding tert-OH is 7. The number of aliphatic hydroxyl groups is 8. The molecule has 54 heavy (non-hydrogen) atoms. The lowest BCUT2D eigenvalue weighted by molar-refractivity contribution is -0.321. The molecule has 0 bridgehead atoms. The fourth-order valence-electron chi connectivity index (χ4n) is 14.9. The summed E-state index contributed by atoms with van der Waals surface area (Å²) in [4.78, 5) is 0. The lowest BCUT2D eigenvalue weighted by Gasteiger charge is -2.65. The molecule has 8 rings (SSSR count). The smallest absolute Gasteiger partial charge is 0.186 e. The first kappa shape index (κ1) is 40.3. The lowest BCUT2D eigenvalue weighted by atomic mass is 9.41. The molecule has 3 aliphatic heterocycles. The summed E-state index contributed by atoms with van der Waals surface area (Å²) in [6.45, 7) is 14.3. The van der Waals surface area contributed by atoms with E-state index in [1.54, 1.807) is 13.8 Å². The predicted octanol–water partition coefficient (Wildman–Crippen LogP) is 1.75. The van der Waals surface area contributed by atoms with Crippen molar-refractivity contribution in [3.05, 3.63) is 0 Å². The molecule has 0 radical (unpaired) electrons. The van der Waals surface area contributed by atoms with Crippen LogP contribution in [-0.2, 0) is 23.7 Å². The third-order valence-electron chi connectivity index (χ3n) is 17.5. The molecule has 0 aromatic carbocycles. The Kier molecular flexibility index (Phi) is 9.69. The maximum atomic E-state index is 12.2. The molecule has 13 heteroatoms. The van der Waals surface area contributed by atoms with E-state index >= 15 is 0 Å². The third-order valence-corrected chi connectivity index (χ3v) is 17.5. The van der Waals surface area contributed by atoms with E-state index in [1.165, 1.54) is 0 Å². The fraction of sp³-hybridized carbons (Fsp3) is 1.00. The van der Waals surface area contributed by atoms with Gasteiger partial charge in [-0.1, -0.05) is 27.7 Å². The zero-order chi connectivity index (χ0) is 39.2. The van der Waals surface area contributed by atoms with Gasteiger partial charge in [0.05, 0.1) is 54.9 Å². The molecular formula is C41H68O13. The Morgan fingerprint density at radius 1 is 0.741 bits per heavy atom. The molecule has 8 aliphatic rings. The van der Waals surface area contributed by atoms with E-state index in [1.807, 2.05) is 0 Å². The van der Waals surface area contributed by atoms with Crippen molar-refractivity contribution in [3.63, 3.8) is 0 Å². The highest BCUT2D eigenvalue weighted by Gasteiger charge is 2.85. The highest BCUT2D eigenvalue weighted by atomic mass is 16.7. The lowest BCUT2D eigenvalue weighted by Crippen LogP contribution is -2.64. The molecule has 0 amide bonds. The van der Waals surface area contributed by atoms with Gasteiger partial charge < -0.3 is 64.5 Å². The Bertz CT molecular complexity index is 1420. The molecule has 8 fully saturated rings. The van der Waals surface area contributed by atoms with Crippen LogP contribution in [0.5, 0.6) is 0 Å². The summed E-state index contributed by atoms with van der Waals surface area (Å²) in [6.07, 6.45) is -3.48. The Hall–Kier alpha value is -0.520. The van der Waals surface area contributed by atoms with Crippen molar-refractivity contribution >= 4 is 0 Å². The van der Waals surface area contributed by atoms with Crippen molar-refractivity contribution in [1.29, 1.82) is 0 Å². The molecule has 0 aromatic heterocycles. The average molecular weight is 769 g/mol. The normalized spacial score (nSPS) is 58.2. The highest BCUT2D eigenvalue weighted by Crippen LogP contribution is 2.89. The summed E-state index contributed by atoms with van der Waals surface area (Å²) < 4.78 is 32.2. The van der Waals surface area contributed by atoms with Crippen LogP contribution in [0.1, 0.15) is 113 Å². The standard InChI is InChI=1S/C41H68O13/c1-35(2)26(53-34-31(48)30(47)22(45)18-50-34)9-11-41-19-40(41)13-12-37(5)32(39(7)10-8-27(54-39)36(3,4)49)21(44)16-38(37,6)25(40)15-23(33(35)41)51-28-14-20(43)29(46)24(17-42)52-28/h20-34,42-49H,8-19H2,1-7H3/t20-,21+,22-,23+,24-,25?,26+,27?,28-,29+,30+,31-,32+,33?,34+,37-,38+,39?,40+,41-/m1/s1. The van der Waals surface area contributed by atoms with E-state index in [0.29, 0.717) is 19.3 Å². The second kappa shape index (κ2) is 13.0. The summed E-state index contributed by atoms with van der Waals surface area (Å²) in [7, 11) is 0. The number of hydrogen-bond acceptors (Lipinski definition) is 13. The van der Waals surface area contributed by atoms with Gasteiger partial charge in [0.25, 0.3) is 0 Å². The first-order valence-corrected chi connectivity index (χ1v) is 20.8. The molecular weight excluding hydrogens is 700 g/mol. The summed E-state index contributed by atoms with van der Waals surface area (Å²) in [5.41, 5.74) is -2.71. The van der Waals surface area contributed by atoms with Crippen LogP contribution in [0, 0.1) is 44.8 Å². The van der Waals surface area contributed by atoms with Gasteiger partial charge in [-0.25, -0.2) is 0 Å². The van der Waals surface area contributed by atoms with Crippen LogP contribution in [0.2, 0.25) is 0 Å². The molecule has 310 valence electrons. The van der Waals surface area contributed by atoms with E-state index in [4.69, 9.17) is 23.7 Å². The van der Waals surface area contributed by atoms with Crippen LogP contribution >= 0.6 is 0 Å². The van der Waals surface area contributed by atoms with Crippen LogP contribution in [0.25, 0.3) is 0 Å². The van der Waals surface area contributed by atoms with Crippen LogP contribution in [0.4, 0.5) is 0 Å². The zero-order valence-electron chi connectivity index (χ0n) is 33.3. The van der Waals surface area contributed by atoms with Gasteiger partial charge in [-0.15, -0.1) is 0 Å². The van der Waals surface area contributed by atoms with Crippen LogP contribution in [0.15, 0.2) is 0 Å². The van der Waals surface area contributed by atoms with E-state index in [-0.39, 0.29) is 70.8 Å². The Balaban J connectivity index is 1.14. The molecule has 3 heterocycles. The first-order valence-electron chi connectivity index (χ1n) is 20.8. The van der Waals surface area contributed by atoms with E-state index in [0.717, 1.165) is 38.5 Å². The Morgan fingerprint density at radius 2 is 1.46 bits per heavy atom. The van der Waals surface area contributed by atoms with Crippen LogP contribution in [-0.4, -0.2) is 139 Å². The van der Waals surface area contributed by atoms with Gasteiger partial charge in [0, 0.05) is 12.3 Å². The minimum atomic E-state index is -1.41. The second-order valence-electron chi connectivity index (χ2n) is 20.9. The summed E-state index contributed by atoms with van der Waals surface area (Å²) in [5.74, 6) is 0.0436. The number of ether oxygens (including phenoxy) is 5. The number of hydrogen-bond donors (Lipinski definition) is 8. The Labute approximate surface area is 319 Å². The second-order valence-corrected chi connectivity index (χ2v) is 20.9. The van der Waals surface area contributed by atoms with Crippen molar-refractivity contribution in [1.82, 2.24) is 0 Å². The van der Waals surface area contributed by atoms with Gasteiger partial charge >= 0.3 is 0 Å². The van der Waals surface area contributed by atoms with Crippen molar-refractivity contribution in [2.45, 2.75) is 197 Å². The maximum Gasteiger partial charge on any atom is 0.186 e. The van der Waals surface area contributed by atoms with Gasteiger partial charge in [-0.05, 0) is 117 Å². The van der Waals surface area contributed by atoms with Crippen LogP contribution in [0.3, 0.4) is 0 Å². The van der Waals surface area contributed by atoms with E-state index < -0.39 is 78.5 Å². The molecule has 2 spiro atoms. The van der Waals surface area contributed by atoms with Crippen molar-refractivity contribution in [2.24, 2.45) is 44.8 Å². The quantitative estimate of drug-likeness (QED) is 0.174. The van der Waals surface area contributed by atoms with Crippen molar-refractivity contribution in [3.8, 4) is 0 Å². The average Bonchev–Trinajstić information content (AvgIpc) is 3.45. The molecule has 20 atom stereocenters. The van der Waals surface area contributed by atoms with Crippen LogP contribution < -0.4 is 0 Å². The summed E-state index contributed by atoms with van der Waals surface area (Å²) in [5, 5.41) is 85.9. The van der Waals surface area contributed by atoms with Gasteiger partial charge in [0.15, 0.2) is 12.6 Å². The van der Waals surface area contributed by atoms with Gasteiger partial charge in [-0.3, -0.25) is 0 Å². The predicted molar refractivity (Wildman–Crippen MR) is 192 cm³/mol. The summed E-state index contributed by atoms with van der Waals surface area (Å²) >= 11 is 0. The van der Waals surface area contributed by atoms with Gasteiger partial charge in [0.2, 0.25) is 0 Å². The molecule has 3 saturated heterocycles. The monoisotopic (exact) mass is 768 g/mol. The molecule has 4 unspecified atom stereocenters. The minimum Gasteiger partial charge on any atom is -0.394 e. The SMILES string of the molecule is CC(C)(O)C1CCC(C)([C@H]2[C@@H](O)C[C@@]3(C)C4C[C@H](O[C@H]5C[C@@H](O)[C@H](O)[C@@H](CO)O5)C5C(C)(C)[C@@H](O[C@@H]6OC[C@@H](O)[C@H](O)[C@H]6O)CC[C@@]56C[C@@]46CC[C@]23C)O1. The van der Waals surface area contributed by atoms with Crippen molar-refractivity contribution < 1.29 is 64.5 Å². The molecule has 0 aromatic rings. The zero-order valence-corrected chi connectivity index (χ0v) is 33.3. The fourth-order valence-corrected chi connectivity index (χ4v) is 14.9. The first-order chi connectivity index (χ1) is 25.1. The number of fused-ring (bicyclic) bond motifs is 2. The van der Waals surface area contributed by atoms with Gasteiger partial charge in [-0.2, -0.15) is 0 Å². The topological polar surface area (TPSA) is 208 Å². The highest BCUT2D eigenvalue weighted by molar-refractivity contribution is 5.33. The van der Waals surface area contributed by atoms with Gasteiger partial charge in [0.1, 0.15) is 30.5 Å².